The number of piperazine rings is 2. The molecule has 13 rings (SSSR count). The van der Waals surface area contributed by atoms with E-state index in [-0.39, 0.29) is 35.1 Å². The first-order valence-electron chi connectivity index (χ1n) is 36.9. The van der Waals surface area contributed by atoms with Gasteiger partial charge in [0.15, 0.2) is 0 Å². The zero-order chi connectivity index (χ0) is 80.2. The van der Waals surface area contributed by atoms with Gasteiger partial charge in [-0.05, 0) is 173 Å². The van der Waals surface area contributed by atoms with Crippen LogP contribution in [0.4, 0.5) is 44.2 Å². The number of amides is 1. The minimum absolute atomic E-state index is 0. The molecule has 8 aromatic carbocycles. The Morgan fingerprint density at radius 1 is 0.514 bits per heavy atom. The average Bonchev–Trinajstić information content (AvgIpc) is 0.815. The molecule has 0 atom stereocenters. The molecule has 8 aromatic rings. The number of aromatic carboxylic acids is 1. The molecular weight excluding hydrogens is 1510 g/mol. The van der Waals surface area contributed by atoms with Crippen LogP contribution in [0.2, 0.25) is 0 Å². The number of methoxy groups -OCH3 is 1. The second-order valence-electron chi connectivity index (χ2n) is 26.9. The highest BCUT2D eigenvalue weighted by atomic mass is 79.9. The molecule has 5 aliphatic rings. The summed E-state index contributed by atoms with van der Waals surface area (Å²) in [4.78, 5) is 48.8. The van der Waals surface area contributed by atoms with Crippen molar-refractivity contribution in [3.63, 3.8) is 0 Å². The molecule has 24 nitrogen and oxygen atoms in total. The SMILES string of the molecule is C.COC(=O)c1cc(Br)ccc1C.Cc1ccc(NC2CCN(c3ccccc3C#N)CC2)cc1C(=O)N1CCN(c2ccccc2S(N)(=O)=O)CC1.Cc1ccc(NC2CCN(c3ccccc3C#N)CC2)cc1C(=O)O.N#Cc1ccccc1N1CCC(N)CC1.NS(=O)(=O)c1ccccc1N1CCNCC1.[2H]CF. The van der Waals surface area contributed by atoms with E-state index in [2.05, 4.69) is 69.5 Å². The highest BCUT2D eigenvalue weighted by Gasteiger charge is 2.29. The van der Waals surface area contributed by atoms with Crippen molar-refractivity contribution in [1.82, 2.24) is 10.2 Å². The summed E-state index contributed by atoms with van der Waals surface area (Å²) in [5.41, 5.74) is 18.3. The molecule has 0 radical (unpaired) electrons. The quantitative estimate of drug-likeness (QED) is 0.0497. The van der Waals surface area contributed by atoms with E-state index in [0.29, 0.717) is 77.5 Å². The van der Waals surface area contributed by atoms with Gasteiger partial charge in [0, 0.05) is 131 Å². The van der Waals surface area contributed by atoms with Gasteiger partial charge in [-0.15, -0.1) is 0 Å². The number of alkyl halides is 1. The van der Waals surface area contributed by atoms with Gasteiger partial charge in [-0.3, -0.25) is 9.18 Å². The number of hydrogen-bond donors (Lipinski definition) is 7. The fourth-order valence-electron chi connectivity index (χ4n) is 13.6. The molecule has 0 spiro atoms. The third-order valence-corrected chi connectivity index (χ3v) is 22.0. The largest absolute Gasteiger partial charge is 0.478 e. The zero-order valence-electron chi connectivity index (χ0n) is 63.4. The maximum atomic E-state index is 13.5. The Bertz CT molecular complexity index is 4840. The van der Waals surface area contributed by atoms with E-state index in [1.165, 1.54) is 13.2 Å². The van der Waals surface area contributed by atoms with Gasteiger partial charge in [0.2, 0.25) is 20.0 Å². The summed E-state index contributed by atoms with van der Waals surface area (Å²) in [6, 6.07) is 61.3. The molecule has 0 saturated carbocycles. The summed E-state index contributed by atoms with van der Waals surface area (Å²) >= 11 is 3.29. The molecule has 5 heterocycles. The number of piperidine rings is 3. The van der Waals surface area contributed by atoms with Gasteiger partial charge in [-0.2, -0.15) is 15.8 Å². The molecule has 1 amide bonds. The van der Waals surface area contributed by atoms with Crippen LogP contribution in [0.3, 0.4) is 0 Å². The molecule has 5 aliphatic heterocycles. The third kappa shape index (κ3) is 24.7. The van der Waals surface area contributed by atoms with Gasteiger partial charge in [-0.25, -0.2) is 36.7 Å². The number of nitriles is 3. The summed E-state index contributed by atoms with van der Waals surface area (Å²) < 4.78 is 67.9. The molecular formula is C83H101BrFN15O9S2. The Balaban J connectivity index is 0.000000207. The number of anilines is 7. The Kier molecular flexibility index (Phi) is 33.0. The number of carbonyl (C=O) groups excluding carboxylic acids is 2. The summed E-state index contributed by atoms with van der Waals surface area (Å²) in [6.07, 6.45) is 5.77. The Morgan fingerprint density at radius 2 is 0.856 bits per heavy atom. The van der Waals surface area contributed by atoms with Crippen LogP contribution < -0.4 is 56.5 Å². The van der Waals surface area contributed by atoms with E-state index in [1.807, 2.05) is 150 Å². The number of ether oxygens (including phenoxy) is 1. The van der Waals surface area contributed by atoms with Crippen molar-refractivity contribution in [2.24, 2.45) is 16.0 Å². The van der Waals surface area contributed by atoms with Gasteiger partial charge in [0.25, 0.3) is 5.91 Å². The zero-order valence-corrected chi connectivity index (χ0v) is 65.6. The van der Waals surface area contributed by atoms with E-state index in [1.54, 1.807) is 55.5 Å². The predicted octanol–water partition coefficient (Wildman–Crippen LogP) is 12.2. The van der Waals surface area contributed by atoms with Crippen molar-refractivity contribution >= 4 is 93.6 Å². The van der Waals surface area contributed by atoms with Crippen molar-refractivity contribution in [3.05, 3.63) is 230 Å². The third-order valence-electron chi connectivity index (χ3n) is 19.6. The maximum Gasteiger partial charge on any atom is 0.338 e. The number of nitrogens with two attached hydrogens (primary N) is 3. The Morgan fingerprint density at radius 3 is 1.25 bits per heavy atom. The molecule has 111 heavy (non-hydrogen) atoms. The van der Waals surface area contributed by atoms with E-state index < -0.39 is 33.2 Å². The normalized spacial score (nSPS) is 15.4. The minimum Gasteiger partial charge on any atom is -0.478 e. The summed E-state index contributed by atoms with van der Waals surface area (Å²) in [7, 11) is -7.11. The number of carbonyl (C=O) groups is 3. The number of carboxylic acids is 1. The van der Waals surface area contributed by atoms with E-state index in [0.717, 1.165) is 159 Å². The number of carboxylic acid groups (broad SMARTS) is 1. The van der Waals surface area contributed by atoms with Crippen LogP contribution in [0.15, 0.2) is 190 Å². The maximum absolute atomic E-state index is 13.5. The summed E-state index contributed by atoms with van der Waals surface area (Å²) in [5.74, 6) is -1.22. The predicted molar refractivity (Wildman–Crippen MR) is 443 cm³/mol. The number of sulfonamides is 2. The minimum atomic E-state index is -3.84. The highest BCUT2D eigenvalue weighted by Crippen LogP contribution is 2.32. The lowest BCUT2D eigenvalue weighted by Crippen LogP contribution is -2.49. The summed E-state index contributed by atoms with van der Waals surface area (Å²) in [6.45, 7) is 16.3. The average molecular weight is 1620 g/mol. The molecule has 0 unspecified atom stereocenters. The molecule has 5 saturated heterocycles. The van der Waals surface area contributed by atoms with Crippen LogP contribution in [0, 0.1) is 54.8 Å². The Hall–Kier alpha value is -10.6. The van der Waals surface area contributed by atoms with Crippen molar-refractivity contribution in [2.45, 2.75) is 94.6 Å². The molecule has 5 fully saturated rings. The lowest BCUT2D eigenvalue weighted by atomic mass is 10.0. The van der Waals surface area contributed by atoms with Crippen molar-refractivity contribution in [3.8, 4) is 18.2 Å². The van der Waals surface area contributed by atoms with Crippen molar-refractivity contribution in [2.75, 3.05) is 141 Å². The number of aryl methyl sites for hydroxylation is 3. The number of benzene rings is 8. The first kappa shape index (κ1) is 86.0. The number of hydrogen-bond acceptors (Lipinski definition) is 20. The van der Waals surface area contributed by atoms with Crippen LogP contribution in [-0.4, -0.2) is 169 Å². The van der Waals surface area contributed by atoms with Crippen LogP contribution in [0.1, 0.15) is 112 Å². The van der Waals surface area contributed by atoms with E-state index >= 15 is 0 Å². The highest BCUT2D eigenvalue weighted by molar-refractivity contribution is 9.10. The monoisotopic (exact) mass is 1610 g/mol. The van der Waals surface area contributed by atoms with Crippen molar-refractivity contribution in [1.29, 1.82) is 15.8 Å². The van der Waals surface area contributed by atoms with E-state index in [4.69, 9.17) is 22.6 Å². The van der Waals surface area contributed by atoms with Crippen LogP contribution in [0.25, 0.3) is 0 Å². The second kappa shape index (κ2) is 42.5. The molecule has 0 bridgehead atoms. The number of nitrogens with zero attached hydrogens (tertiary/aromatic N) is 9. The first-order valence-corrected chi connectivity index (χ1v) is 40.1. The van der Waals surface area contributed by atoms with Crippen LogP contribution in [0.5, 0.6) is 0 Å². The number of nitrogens with one attached hydrogen (secondary N) is 3. The van der Waals surface area contributed by atoms with Crippen LogP contribution in [-0.2, 0) is 24.8 Å². The molecule has 0 aromatic heterocycles. The lowest BCUT2D eigenvalue weighted by molar-refractivity contribution is 0.0598. The topological polar surface area (TPSA) is 354 Å². The van der Waals surface area contributed by atoms with Gasteiger partial charge in [-0.1, -0.05) is 102 Å². The second-order valence-corrected chi connectivity index (χ2v) is 30.9. The van der Waals surface area contributed by atoms with Gasteiger partial charge in [0.05, 0.1) is 71.9 Å². The molecule has 0 aliphatic carbocycles. The number of esters is 1. The molecule has 10 N–H and O–H groups in total. The van der Waals surface area contributed by atoms with Crippen LogP contribution >= 0.6 is 15.9 Å². The number of rotatable bonds is 14. The van der Waals surface area contributed by atoms with Gasteiger partial charge in [0.1, 0.15) is 28.0 Å². The van der Waals surface area contributed by atoms with E-state index in [9.17, 15) is 51.2 Å². The number of halogens is 2. The number of primary sulfonamides is 2. The summed E-state index contributed by atoms with van der Waals surface area (Å²) in [5, 5.41) is 57.8. The fraction of sp³-hybridized carbons (Fsp3) is 0.349. The number of para-hydroxylation sites is 5. The molecule has 588 valence electrons. The Labute approximate surface area is 662 Å². The van der Waals surface area contributed by atoms with Crippen molar-refractivity contribution < 1.29 is 46.8 Å². The first-order chi connectivity index (χ1) is 53.3. The smallest absolute Gasteiger partial charge is 0.338 e. The standard InChI is InChI=1S/C30H34N6O3S.C20H21N3O2.C12H15N3.C10H15N3O2S.C9H9BrO2.CH3F.CH4/c1-22-10-11-25(33-24-12-14-34(15-13-24)27-7-3-2-6-23(27)21-31)20-26(22)30(37)36-18-16-35(17-19-36)28-8-4-5-9-29(28)40(32,38)39;1-14-6-7-17(12-18(14)20(24)25)22-16-8-10-23(11-9-16)19-5-3-2-4-15(19)13-21;13-9-10-3-1-2-4-12(10)15-7-5-11(14)6-8-15;11-16(14,15)10-4-2-1-3-9(10)13-7-5-12-6-8-13;1-6-3-4-7(10)5-8(6)9(11)12-2;1-2;/h2-11,20,24,33H,12-19H2,1H3,(H2,32,38,39);2-7,12,16,22H,8-11H2,1H3,(H,24,25);1-4,11H,5-8,14H2;1-4,12H,5-8H2,(H2,11,14,15);3-5H,1-2H3;1H3;1H4/i;;;;;1D;. The van der Waals surface area contributed by atoms with Gasteiger partial charge < -0.3 is 60.9 Å². The lowest BCUT2D eigenvalue weighted by Gasteiger charge is -2.37. The van der Waals surface area contributed by atoms with Gasteiger partial charge >= 0.3 is 11.9 Å². The molecule has 28 heteroatoms. The fourth-order valence-corrected chi connectivity index (χ4v) is 15.5.